The lowest BCUT2D eigenvalue weighted by atomic mass is 9.98. The van der Waals surface area contributed by atoms with Crippen LogP contribution in [0.3, 0.4) is 0 Å². The van der Waals surface area contributed by atoms with E-state index in [1.54, 1.807) is 6.20 Å². The van der Waals surface area contributed by atoms with E-state index in [-0.39, 0.29) is 11.3 Å². The summed E-state index contributed by atoms with van der Waals surface area (Å²) < 4.78 is 0. The van der Waals surface area contributed by atoms with Gasteiger partial charge in [0.05, 0.1) is 10.7 Å². The number of nitrogens with one attached hydrogen (secondary N) is 1. The molecular formula is C21H24N4OS. The second-order valence-corrected chi connectivity index (χ2v) is 9.02. The molecule has 1 aliphatic rings. The first-order chi connectivity index (χ1) is 12.8. The summed E-state index contributed by atoms with van der Waals surface area (Å²) in [7, 11) is 0. The average molecular weight is 381 g/mol. The third-order valence-electron chi connectivity index (χ3n) is 4.93. The van der Waals surface area contributed by atoms with Gasteiger partial charge in [0.15, 0.2) is 0 Å². The van der Waals surface area contributed by atoms with E-state index in [9.17, 15) is 4.79 Å². The fraction of sp³-hybridized carbons (Fsp3) is 0.381. The zero-order chi connectivity index (χ0) is 19.2. The summed E-state index contributed by atoms with van der Waals surface area (Å²) in [6, 6.07) is 4.04. The first-order valence-corrected chi connectivity index (χ1v) is 10.0. The van der Waals surface area contributed by atoms with Gasteiger partial charge in [-0.05, 0) is 31.1 Å². The molecule has 1 N–H and O–H groups in total. The summed E-state index contributed by atoms with van der Waals surface area (Å²) in [5, 5.41) is 2.15. The highest BCUT2D eigenvalue weighted by Gasteiger charge is 2.27. The Hall–Kier alpha value is -2.47. The number of fused-ring (bicyclic) bond motifs is 1. The van der Waals surface area contributed by atoms with Gasteiger partial charge in [-0.1, -0.05) is 26.8 Å². The molecule has 3 aromatic heterocycles. The number of H-pyrrole nitrogens is 1. The van der Waals surface area contributed by atoms with Crippen LogP contribution in [-0.2, 0) is 5.41 Å². The van der Waals surface area contributed by atoms with E-state index >= 15 is 0 Å². The molecule has 3 aromatic rings. The molecule has 0 saturated carbocycles. The minimum Gasteiger partial charge on any atom is -0.346 e. The molecule has 0 aliphatic carbocycles. The SMILES string of the molecule is Cc1nc(C(C)(C)C)sc1C(=O)N1CC=C(c2c[nH]c3ncccc23)CC1. The van der Waals surface area contributed by atoms with Crippen molar-refractivity contribution in [2.75, 3.05) is 13.1 Å². The molecule has 0 spiro atoms. The van der Waals surface area contributed by atoms with Gasteiger partial charge in [-0.25, -0.2) is 9.97 Å². The smallest absolute Gasteiger partial charge is 0.266 e. The molecule has 6 heteroatoms. The number of carbonyl (C=O) groups is 1. The predicted molar refractivity (Wildman–Crippen MR) is 110 cm³/mol. The summed E-state index contributed by atoms with van der Waals surface area (Å²) in [6.07, 6.45) is 6.82. The highest BCUT2D eigenvalue weighted by molar-refractivity contribution is 7.14. The highest BCUT2D eigenvalue weighted by atomic mass is 32.1. The van der Waals surface area contributed by atoms with E-state index in [0.717, 1.165) is 39.6 Å². The second-order valence-electron chi connectivity index (χ2n) is 8.02. The van der Waals surface area contributed by atoms with Crippen LogP contribution < -0.4 is 0 Å². The summed E-state index contributed by atoms with van der Waals surface area (Å²) in [6.45, 7) is 9.68. The number of aromatic nitrogens is 3. The minimum absolute atomic E-state index is 0.0354. The molecule has 0 unspecified atom stereocenters. The summed E-state index contributed by atoms with van der Waals surface area (Å²) in [5.74, 6) is 0.0939. The standard InChI is InChI=1S/C21H24N4OS/c1-13-17(27-20(24-13)21(2,3)4)19(26)25-10-7-14(8-11-25)16-12-23-18-15(16)6-5-9-22-18/h5-7,9,12H,8,10-11H2,1-4H3,(H,22,23). The molecule has 0 radical (unpaired) electrons. The van der Waals surface area contributed by atoms with Crippen molar-refractivity contribution in [1.82, 2.24) is 19.9 Å². The van der Waals surface area contributed by atoms with Gasteiger partial charge in [0.25, 0.3) is 5.91 Å². The van der Waals surface area contributed by atoms with Crippen molar-refractivity contribution in [2.24, 2.45) is 0 Å². The van der Waals surface area contributed by atoms with E-state index in [1.165, 1.54) is 22.5 Å². The van der Waals surface area contributed by atoms with Crippen LogP contribution in [0.4, 0.5) is 0 Å². The van der Waals surface area contributed by atoms with Gasteiger partial charge in [-0.3, -0.25) is 4.79 Å². The van der Waals surface area contributed by atoms with Gasteiger partial charge in [0.1, 0.15) is 10.5 Å². The Morgan fingerprint density at radius 2 is 2.15 bits per heavy atom. The van der Waals surface area contributed by atoms with Crippen LogP contribution in [0.15, 0.2) is 30.6 Å². The monoisotopic (exact) mass is 380 g/mol. The van der Waals surface area contributed by atoms with Crippen LogP contribution in [-0.4, -0.2) is 38.8 Å². The van der Waals surface area contributed by atoms with Gasteiger partial charge in [-0.2, -0.15) is 0 Å². The summed E-state index contributed by atoms with van der Waals surface area (Å²) in [4.78, 5) is 27.9. The van der Waals surface area contributed by atoms with Gasteiger partial charge >= 0.3 is 0 Å². The van der Waals surface area contributed by atoms with E-state index in [4.69, 9.17) is 0 Å². The van der Waals surface area contributed by atoms with Crippen LogP contribution >= 0.6 is 11.3 Å². The van der Waals surface area contributed by atoms with Crippen molar-refractivity contribution in [1.29, 1.82) is 0 Å². The molecule has 0 bridgehead atoms. The number of aryl methyl sites for hydroxylation is 1. The van der Waals surface area contributed by atoms with Crippen LogP contribution in [0, 0.1) is 6.92 Å². The van der Waals surface area contributed by atoms with Crippen molar-refractivity contribution in [3.8, 4) is 0 Å². The summed E-state index contributed by atoms with van der Waals surface area (Å²) in [5.41, 5.74) is 4.17. The highest BCUT2D eigenvalue weighted by Crippen LogP contribution is 2.32. The fourth-order valence-electron chi connectivity index (χ4n) is 3.38. The Kier molecular flexibility index (Phi) is 4.38. The van der Waals surface area contributed by atoms with Crippen molar-refractivity contribution >= 4 is 33.9 Å². The molecule has 0 atom stereocenters. The Bertz CT molecular complexity index is 1040. The third kappa shape index (κ3) is 3.30. The normalized spacial score (nSPS) is 15.3. The number of rotatable bonds is 2. The molecule has 0 aromatic carbocycles. The van der Waals surface area contributed by atoms with E-state index in [0.29, 0.717) is 6.54 Å². The van der Waals surface area contributed by atoms with Crippen LogP contribution in [0.2, 0.25) is 0 Å². The quantitative estimate of drug-likeness (QED) is 0.709. The molecule has 27 heavy (non-hydrogen) atoms. The maximum Gasteiger partial charge on any atom is 0.266 e. The van der Waals surface area contributed by atoms with Crippen LogP contribution in [0.1, 0.15) is 53.1 Å². The maximum atomic E-state index is 13.0. The number of amides is 1. The lowest BCUT2D eigenvalue weighted by Crippen LogP contribution is -2.34. The van der Waals surface area contributed by atoms with Crippen molar-refractivity contribution in [3.05, 3.63) is 51.7 Å². The molecule has 0 saturated heterocycles. The molecular weight excluding hydrogens is 356 g/mol. The van der Waals surface area contributed by atoms with E-state index in [2.05, 4.69) is 47.9 Å². The topological polar surface area (TPSA) is 61.9 Å². The number of thiazole rings is 1. The lowest BCUT2D eigenvalue weighted by molar-refractivity contribution is 0.0777. The van der Waals surface area contributed by atoms with Crippen molar-refractivity contribution < 1.29 is 4.79 Å². The summed E-state index contributed by atoms with van der Waals surface area (Å²) >= 11 is 1.53. The number of carbonyl (C=O) groups excluding carboxylic acids is 1. The van der Waals surface area contributed by atoms with Crippen LogP contribution in [0.25, 0.3) is 16.6 Å². The van der Waals surface area contributed by atoms with Gasteiger partial charge in [0, 0.05) is 41.8 Å². The first-order valence-electron chi connectivity index (χ1n) is 9.23. The Labute approximate surface area is 163 Å². The van der Waals surface area contributed by atoms with Crippen molar-refractivity contribution in [3.63, 3.8) is 0 Å². The molecule has 4 heterocycles. The van der Waals surface area contributed by atoms with E-state index in [1.807, 2.05) is 24.1 Å². The van der Waals surface area contributed by atoms with Gasteiger partial charge in [-0.15, -0.1) is 11.3 Å². The fourth-order valence-corrected chi connectivity index (χ4v) is 4.47. The van der Waals surface area contributed by atoms with Gasteiger partial charge in [0.2, 0.25) is 0 Å². The maximum absolute atomic E-state index is 13.0. The lowest BCUT2D eigenvalue weighted by Gasteiger charge is -2.26. The number of pyridine rings is 1. The first kappa shape index (κ1) is 17.9. The van der Waals surface area contributed by atoms with E-state index < -0.39 is 0 Å². The second kappa shape index (κ2) is 6.60. The number of hydrogen-bond donors (Lipinski definition) is 1. The number of nitrogens with zero attached hydrogens (tertiary/aromatic N) is 3. The molecule has 1 amide bonds. The third-order valence-corrected chi connectivity index (χ3v) is 6.50. The largest absolute Gasteiger partial charge is 0.346 e. The average Bonchev–Trinajstić information content (AvgIpc) is 3.25. The molecule has 1 aliphatic heterocycles. The minimum atomic E-state index is -0.0354. The zero-order valence-corrected chi connectivity index (χ0v) is 17.0. The Morgan fingerprint density at radius 3 is 2.81 bits per heavy atom. The van der Waals surface area contributed by atoms with Gasteiger partial charge < -0.3 is 9.88 Å². The molecule has 4 rings (SSSR count). The number of aromatic amines is 1. The molecule has 140 valence electrons. The number of hydrogen-bond acceptors (Lipinski definition) is 4. The van der Waals surface area contributed by atoms with Crippen molar-refractivity contribution in [2.45, 2.75) is 39.5 Å². The molecule has 0 fully saturated rings. The zero-order valence-electron chi connectivity index (χ0n) is 16.2. The Morgan fingerprint density at radius 1 is 1.33 bits per heavy atom. The molecule has 5 nitrogen and oxygen atoms in total. The predicted octanol–water partition coefficient (Wildman–Crippen LogP) is 4.55. The van der Waals surface area contributed by atoms with Crippen LogP contribution in [0.5, 0.6) is 0 Å². The Balaban J connectivity index is 1.55.